The molecule has 11 heavy (non-hydrogen) atoms. The minimum absolute atomic E-state index is 0.264. The first-order valence-corrected chi connectivity index (χ1v) is 4.06. The van der Waals surface area contributed by atoms with Gasteiger partial charge in [0.05, 0.1) is 12.6 Å². The van der Waals surface area contributed by atoms with E-state index in [-0.39, 0.29) is 6.61 Å². The van der Waals surface area contributed by atoms with Crippen LogP contribution in [0.3, 0.4) is 0 Å². The molecule has 1 atom stereocenters. The van der Waals surface area contributed by atoms with Crippen LogP contribution >= 0.6 is 0 Å². The Balaban J connectivity index is 2.37. The summed E-state index contributed by atoms with van der Waals surface area (Å²) in [4.78, 5) is 2.19. The maximum absolute atomic E-state index is 8.96. The summed E-state index contributed by atoms with van der Waals surface area (Å²) in [6.45, 7) is 5.46. The van der Waals surface area contributed by atoms with Crippen LogP contribution in [-0.2, 0) is 0 Å². The summed E-state index contributed by atoms with van der Waals surface area (Å²) in [7, 11) is 0. The van der Waals surface area contributed by atoms with E-state index in [0.29, 0.717) is 6.04 Å². The summed E-state index contributed by atoms with van der Waals surface area (Å²) in [5.74, 6) is 1.38. The molecular formula is C9H16NO. The van der Waals surface area contributed by atoms with Crippen molar-refractivity contribution in [1.82, 2.24) is 4.90 Å². The van der Waals surface area contributed by atoms with Crippen molar-refractivity contribution in [2.45, 2.75) is 26.3 Å². The molecule has 2 nitrogen and oxygen atoms in total. The van der Waals surface area contributed by atoms with Crippen LogP contribution < -0.4 is 0 Å². The Morgan fingerprint density at radius 2 is 2.36 bits per heavy atom. The van der Waals surface area contributed by atoms with Gasteiger partial charge in [-0.1, -0.05) is 19.9 Å². The van der Waals surface area contributed by atoms with Gasteiger partial charge in [-0.05, 0) is 18.5 Å². The van der Waals surface area contributed by atoms with Crippen LogP contribution in [0.25, 0.3) is 0 Å². The highest BCUT2D eigenvalue weighted by molar-refractivity contribution is 5.01. The van der Waals surface area contributed by atoms with Crippen LogP contribution in [0.1, 0.15) is 20.3 Å². The molecule has 1 N–H and O–H groups in total. The standard InChI is InChI=1S/C9H16NO/c1-8(2)6-10-5-3-4-9(10)7-11/h3,5,9,11H,4,6-7H2,1-2H3/t9-/m0/s1. The molecule has 0 unspecified atom stereocenters. The van der Waals surface area contributed by atoms with Crippen LogP contribution in [0.15, 0.2) is 12.3 Å². The second-order valence-corrected chi connectivity index (χ2v) is 3.34. The van der Waals surface area contributed by atoms with Gasteiger partial charge in [0.2, 0.25) is 0 Å². The first-order valence-electron chi connectivity index (χ1n) is 4.06. The van der Waals surface area contributed by atoms with Crippen molar-refractivity contribution in [3.63, 3.8) is 0 Å². The minimum atomic E-state index is 0.264. The summed E-state index contributed by atoms with van der Waals surface area (Å²) < 4.78 is 0. The maximum atomic E-state index is 8.96. The third-order valence-electron chi connectivity index (χ3n) is 1.88. The van der Waals surface area contributed by atoms with Gasteiger partial charge in [-0.2, -0.15) is 0 Å². The topological polar surface area (TPSA) is 23.5 Å². The summed E-state index contributed by atoms with van der Waals surface area (Å²) in [6.07, 6.45) is 5.18. The molecule has 0 aromatic carbocycles. The predicted molar refractivity (Wildman–Crippen MR) is 45.9 cm³/mol. The van der Waals surface area contributed by atoms with E-state index in [1.165, 1.54) is 5.92 Å². The van der Waals surface area contributed by atoms with Crippen molar-refractivity contribution < 1.29 is 5.11 Å². The third kappa shape index (κ3) is 2.22. The second-order valence-electron chi connectivity index (χ2n) is 3.34. The molecule has 0 aromatic heterocycles. The van der Waals surface area contributed by atoms with Crippen LogP contribution in [0, 0.1) is 5.92 Å². The first kappa shape index (κ1) is 8.60. The summed E-state index contributed by atoms with van der Waals surface area (Å²) >= 11 is 0. The Hall–Kier alpha value is -0.500. The first-order chi connectivity index (χ1) is 5.24. The fourth-order valence-corrected chi connectivity index (χ4v) is 1.34. The Morgan fingerprint density at radius 1 is 1.64 bits per heavy atom. The molecule has 63 valence electrons. The lowest BCUT2D eigenvalue weighted by molar-refractivity contribution is 0.181. The van der Waals surface area contributed by atoms with Gasteiger partial charge in [0.15, 0.2) is 0 Å². The average molecular weight is 154 g/mol. The Bertz CT molecular complexity index is 142. The molecule has 1 aliphatic heterocycles. The Morgan fingerprint density at radius 3 is 2.91 bits per heavy atom. The van der Waals surface area contributed by atoms with Gasteiger partial charge >= 0.3 is 0 Å². The Labute approximate surface area is 68.5 Å². The van der Waals surface area contributed by atoms with Crippen molar-refractivity contribution in [3.05, 3.63) is 18.2 Å². The van der Waals surface area contributed by atoms with Gasteiger partial charge < -0.3 is 10.0 Å². The van der Waals surface area contributed by atoms with E-state index in [2.05, 4.69) is 31.0 Å². The third-order valence-corrected chi connectivity index (χ3v) is 1.88. The summed E-state index contributed by atoms with van der Waals surface area (Å²) in [5, 5.41) is 8.96. The monoisotopic (exact) mass is 154 g/mol. The zero-order chi connectivity index (χ0) is 8.27. The molecule has 1 rings (SSSR count). The molecule has 1 radical (unpaired) electrons. The molecular weight excluding hydrogens is 138 g/mol. The number of hydrogen-bond acceptors (Lipinski definition) is 2. The number of rotatable bonds is 3. The predicted octanol–water partition coefficient (Wildman–Crippen LogP) is 1.18. The summed E-state index contributed by atoms with van der Waals surface area (Å²) in [6, 6.07) is 0.324. The van der Waals surface area contributed by atoms with E-state index in [0.717, 1.165) is 13.0 Å². The second kappa shape index (κ2) is 3.77. The fraction of sp³-hybridized carbons (Fsp3) is 0.667. The number of aliphatic hydroxyl groups is 1. The molecule has 0 bridgehead atoms. The highest BCUT2D eigenvalue weighted by Crippen LogP contribution is 2.15. The zero-order valence-corrected chi connectivity index (χ0v) is 7.25. The van der Waals surface area contributed by atoms with Gasteiger partial charge in [-0.15, -0.1) is 0 Å². The SMILES string of the molecule is C[C](C)CN1C=CC[C@H]1CO. The molecule has 0 saturated heterocycles. The smallest absolute Gasteiger partial charge is 0.0637 e. The van der Waals surface area contributed by atoms with Crippen molar-refractivity contribution in [2.75, 3.05) is 13.2 Å². The number of aliphatic hydroxyl groups excluding tert-OH is 1. The highest BCUT2D eigenvalue weighted by Gasteiger charge is 2.18. The quantitative estimate of drug-likeness (QED) is 0.660. The van der Waals surface area contributed by atoms with E-state index < -0.39 is 0 Å². The van der Waals surface area contributed by atoms with E-state index >= 15 is 0 Å². The molecule has 1 heterocycles. The molecule has 0 aliphatic carbocycles. The van der Waals surface area contributed by atoms with Crippen molar-refractivity contribution >= 4 is 0 Å². The summed E-state index contributed by atoms with van der Waals surface area (Å²) in [5.41, 5.74) is 0. The van der Waals surface area contributed by atoms with Crippen LogP contribution in [0.4, 0.5) is 0 Å². The molecule has 0 fully saturated rings. The molecule has 1 aliphatic rings. The largest absolute Gasteiger partial charge is 0.394 e. The molecule has 0 amide bonds. The lowest BCUT2D eigenvalue weighted by Crippen LogP contribution is -2.32. The number of nitrogens with zero attached hydrogens (tertiary/aromatic N) is 1. The lowest BCUT2D eigenvalue weighted by Gasteiger charge is -2.25. The van der Waals surface area contributed by atoms with Gasteiger partial charge in [-0.3, -0.25) is 0 Å². The van der Waals surface area contributed by atoms with E-state index in [9.17, 15) is 0 Å². The van der Waals surface area contributed by atoms with Crippen LogP contribution in [0.5, 0.6) is 0 Å². The van der Waals surface area contributed by atoms with Crippen LogP contribution in [-0.4, -0.2) is 29.2 Å². The van der Waals surface area contributed by atoms with Gasteiger partial charge in [0.1, 0.15) is 0 Å². The lowest BCUT2D eigenvalue weighted by atomic mass is 10.2. The van der Waals surface area contributed by atoms with E-state index in [1.54, 1.807) is 0 Å². The fourth-order valence-electron chi connectivity index (χ4n) is 1.34. The normalized spacial score (nSPS) is 23.6. The number of hydrogen-bond donors (Lipinski definition) is 1. The van der Waals surface area contributed by atoms with Crippen molar-refractivity contribution in [1.29, 1.82) is 0 Å². The minimum Gasteiger partial charge on any atom is -0.394 e. The van der Waals surface area contributed by atoms with Gasteiger partial charge in [-0.25, -0.2) is 0 Å². The average Bonchev–Trinajstić information content (AvgIpc) is 2.34. The van der Waals surface area contributed by atoms with E-state index in [1.807, 2.05) is 0 Å². The van der Waals surface area contributed by atoms with Crippen molar-refractivity contribution in [3.8, 4) is 0 Å². The molecule has 0 aromatic rings. The van der Waals surface area contributed by atoms with Gasteiger partial charge in [0, 0.05) is 6.54 Å². The molecule has 0 saturated carbocycles. The zero-order valence-electron chi connectivity index (χ0n) is 7.25. The van der Waals surface area contributed by atoms with Crippen LogP contribution in [0.2, 0.25) is 0 Å². The maximum Gasteiger partial charge on any atom is 0.0637 e. The molecule has 2 heteroatoms. The van der Waals surface area contributed by atoms with Crippen molar-refractivity contribution in [2.24, 2.45) is 0 Å². The molecule has 0 spiro atoms. The highest BCUT2D eigenvalue weighted by atomic mass is 16.3. The Kier molecular flexibility index (Phi) is 2.94. The van der Waals surface area contributed by atoms with E-state index in [4.69, 9.17) is 5.11 Å². The van der Waals surface area contributed by atoms with Gasteiger partial charge in [0.25, 0.3) is 0 Å².